The SMILES string of the molecule is FC(F)(F)c1cccc2ccnn12. The van der Waals surface area contributed by atoms with Gasteiger partial charge in [-0.05, 0) is 18.2 Å². The number of alkyl halides is 3. The molecule has 0 aliphatic rings. The lowest BCUT2D eigenvalue weighted by molar-refractivity contribution is -0.142. The molecule has 0 N–H and O–H groups in total. The predicted molar refractivity (Wildman–Crippen MR) is 40.2 cm³/mol. The zero-order chi connectivity index (χ0) is 9.47. The largest absolute Gasteiger partial charge is 0.433 e. The quantitative estimate of drug-likeness (QED) is 0.617. The average Bonchev–Trinajstić information content (AvgIpc) is 2.48. The maximum absolute atomic E-state index is 12.3. The summed E-state index contributed by atoms with van der Waals surface area (Å²) in [5.41, 5.74) is -0.315. The molecular formula is C8H5F3N2. The second-order valence-corrected chi connectivity index (χ2v) is 2.58. The summed E-state index contributed by atoms with van der Waals surface area (Å²) in [7, 11) is 0. The van der Waals surface area contributed by atoms with Gasteiger partial charge in [0, 0.05) is 6.20 Å². The lowest BCUT2D eigenvalue weighted by Crippen LogP contribution is -2.11. The highest BCUT2D eigenvalue weighted by Gasteiger charge is 2.33. The topological polar surface area (TPSA) is 17.3 Å². The second kappa shape index (κ2) is 2.48. The van der Waals surface area contributed by atoms with E-state index < -0.39 is 11.9 Å². The summed E-state index contributed by atoms with van der Waals surface area (Å²) in [5, 5.41) is 3.58. The van der Waals surface area contributed by atoms with Crippen molar-refractivity contribution in [2.75, 3.05) is 0 Å². The molecule has 0 saturated carbocycles. The molecule has 13 heavy (non-hydrogen) atoms. The van der Waals surface area contributed by atoms with Crippen LogP contribution in [0.15, 0.2) is 30.5 Å². The van der Waals surface area contributed by atoms with Gasteiger partial charge in [0.05, 0.1) is 5.52 Å². The van der Waals surface area contributed by atoms with Crippen molar-refractivity contribution in [2.24, 2.45) is 0 Å². The monoisotopic (exact) mass is 186 g/mol. The first kappa shape index (κ1) is 8.10. The molecule has 0 aliphatic carbocycles. The highest BCUT2D eigenvalue weighted by Crippen LogP contribution is 2.28. The minimum Gasteiger partial charge on any atom is -0.229 e. The molecule has 0 aromatic carbocycles. The van der Waals surface area contributed by atoms with E-state index in [4.69, 9.17) is 0 Å². The molecule has 5 heteroatoms. The molecule has 2 nitrogen and oxygen atoms in total. The van der Waals surface area contributed by atoms with E-state index in [2.05, 4.69) is 5.10 Å². The summed E-state index contributed by atoms with van der Waals surface area (Å²) >= 11 is 0. The Kier molecular flexibility index (Phi) is 1.55. The Morgan fingerprint density at radius 2 is 1.92 bits per heavy atom. The van der Waals surface area contributed by atoms with Crippen molar-refractivity contribution in [3.63, 3.8) is 0 Å². The molecule has 0 atom stereocenters. The van der Waals surface area contributed by atoms with Crippen molar-refractivity contribution in [3.05, 3.63) is 36.2 Å². The van der Waals surface area contributed by atoms with Crippen molar-refractivity contribution >= 4 is 5.52 Å². The van der Waals surface area contributed by atoms with Gasteiger partial charge in [-0.2, -0.15) is 18.3 Å². The standard InChI is InChI=1S/C8H5F3N2/c9-8(10,11)7-3-1-2-6-4-5-12-13(6)7/h1-5H. The molecule has 0 bridgehead atoms. The summed E-state index contributed by atoms with van der Waals surface area (Å²) in [6.45, 7) is 0. The molecule has 0 unspecified atom stereocenters. The lowest BCUT2D eigenvalue weighted by atomic mass is 10.3. The van der Waals surface area contributed by atoms with Gasteiger partial charge in [-0.3, -0.25) is 0 Å². The summed E-state index contributed by atoms with van der Waals surface area (Å²) < 4.78 is 37.9. The van der Waals surface area contributed by atoms with Crippen molar-refractivity contribution < 1.29 is 13.2 Å². The maximum Gasteiger partial charge on any atom is 0.433 e. The van der Waals surface area contributed by atoms with Gasteiger partial charge >= 0.3 is 6.18 Å². The van der Waals surface area contributed by atoms with Gasteiger partial charge in [0.1, 0.15) is 5.69 Å². The van der Waals surface area contributed by atoms with Crippen LogP contribution in [0.2, 0.25) is 0 Å². The lowest BCUT2D eigenvalue weighted by Gasteiger charge is -2.07. The Morgan fingerprint density at radius 3 is 2.62 bits per heavy atom. The number of fused-ring (bicyclic) bond motifs is 1. The van der Waals surface area contributed by atoms with Crippen LogP contribution in [0.25, 0.3) is 5.52 Å². The van der Waals surface area contributed by atoms with Gasteiger partial charge in [0.25, 0.3) is 0 Å². The van der Waals surface area contributed by atoms with E-state index in [0.717, 1.165) is 10.6 Å². The van der Waals surface area contributed by atoms with E-state index in [0.29, 0.717) is 5.52 Å². The average molecular weight is 186 g/mol. The summed E-state index contributed by atoms with van der Waals surface area (Å²) in [6, 6.07) is 5.46. The number of hydrogen-bond donors (Lipinski definition) is 0. The van der Waals surface area contributed by atoms with Crippen LogP contribution in [0.3, 0.4) is 0 Å². The number of halogens is 3. The fraction of sp³-hybridized carbons (Fsp3) is 0.125. The van der Waals surface area contributed by atoms with Crippen molar-refractivity contribution in [3.8, 4) is 0 Å². The molecule has 2 heterocycles. The third-order valence-corrected chi connectivity index (χ3v) is 1.71. The van der Waals surface area contributed by atoms with Gasteiger partial charge in [-0.25, -0.2) is 4.52 Å². The van der Waals surface area contributed by atoms with Crippen LogP contribution in [-0.2, 0) is 6.18 Å². The minimum atomic E-state index is -4.36. The molecule has 0 spiro atoms. The fourth-order valence-corrected chi connectivity index (χ4v) is 1.16. The number of hydrogen-bond acceptors (Lipinski definition) is 1. The zero-order valence-electron chi connectivity index (χ0n) is 6.42. The van der Waals surface area contributed by atoms with Gasteiger partial charge < -0.3 is 0 Å². The van der Waals surface area contributed by atoms with E-state index in [1.54, 1.807) is 6.07 Å². The summed E-state index contributed by atoms with van der Waals surface area (Å²) in [5.74, 6) is 0. The third kappa shape index (κ3) is 1.26. The molecular weight excluding hydrogens is 181 g/mol. The third-order valence-electron chi connectivity index (χ3n) is 1.71. The van der Waals surface area contributed by atoms with Crippen molar-refractivity contribution in [1.29, 1.82) is 0 Å². The molecule has 0 radical (unpaired) electrons. The Morgan fingerprint density at radius 1 is 1.15 bits per heavy atom. The van der Waals surface area contributed by atoms with Crippen LogP contribution in [0.1, 0.15) is 5.69 Å². The maximum atomic E-state index is 12.3. The van der Waals surface area contributed by atoms with E-state index >= 15 is 0 Å². The van der Waals surface area contributed by atoms with E-state index in [-0.39, 0.29) is 0 Å². The zero-order valence-corrected chi connectivity index (χ0v) is 6.42. The molecule has 0 fully saturated rings. The number of pyridine rings is 1. The normalized spacial score (nSPS) is 12.2. The fourth-order valence-electron chi connectivity index (χ4n) is 1.16. The molecule has 2 aromatic rings. The summed E-state index contributed by atoms with van der Waals surface area (Å²) in [4.78, 5) is 0. The van der Waals surface area contributed by atoms with E-state index in [9.17, 15) is 13.2 Å². The van der Waals surface area contributed by atoms with Crippen LogP contribution in [-0.4, -0.2) is 9.61 Å². The van der Waals surface area contributed by atoms with E-state index in [1.807, 2.05) is 0 Å². The molecule has 68 valence electrons. The molecule has 0 aliphatic heterocycles. The predicted octanol–water partition coefficient (Wildman–Crippen LogP) is 2.35. The first-order chi connectivity index (χ1) is 6.09. The van der Waals surface area contributed by atoms with Crippen molar-refractivity contribution in [1.82, 2.24) is 9.61 Å². The summed E-state index contributed by atoms with van der Waals surface area (Å²) in [6.07, 6.45) is -3.02. The van der Waals surface area contributed by atoms with Crippen LogP contribution in [0.5, 0.6) is 0 Å². The Balaban J connectivity index is 2.75. The van der Waals surface area contributed by atoms with Crippen molar-refractivity contribution in [2.45, 2.75) is 6.18 Å². The number of rotatable bonds is 0. The van der Waals surface area contributed by atoms with Crippen LogP contribution < -0.4 is 0 Å². The minimum absolute atomic E-state index is 0.440. The van der Waals surface area contributed by atoms with Crippen LogP contribution in [0.4, 0.5) is 13.2 Å². The Hall–Kier alpha value is -1.52. The molecule has 0 saturated heterocycles. The Bertz CT molecular complexity index is 430. The molecule has 0 amide bonds. The van der Waals surface area contributed by atoms with E-state index in [1.165, 1.54) is 18.3 Å². The Labute approximate surface area is 71.6 Å². The van der Waals surface area contributed by atoms with Gasteiger partial charge in [0.2, 0.25) is 0 Å². The van der Waals surface area contributed by atoms with Gasteiger partial charge in [-0.1, -0.05) is 6.07 Å². The second-order valence-electron chi connectivity index (χ2n) is 2.58. The number of aromatic nitrogens is 2. The number of nitrogens with zero attached hydrogens (tertiary/aromatic N) is 2. The molecule has 2 aromatic heterocycles. The van der Waals surface area contributed by atoms with Crippen LogP contribution >= 0.6 is 0 Å². The van der Waals surface area contributed by atoms with Crippen LogP contribution in [0, 0.1) is 0 Å². The highest BCUT2D eigenvalue weighted by molar-refractivity contribution is 5.46. The first-order valence-corrected chi connectivity index (χ1v) is 3.59. The first-order valence-electron chi connectivity index (χ1n) is 3.59. The smallest absolute Gasteiger partial charge is 0.229 e. The highest BCUT2D eigenvalue weighted by atomic mass is 19.4. The molecule has 2 rings (SSSR count). The van der Waals surface area contributed by atoms with Gasteiger partial charge in [-0.15, -0.1) is 0 Å². The van der Waals surface area contributed by atoms with Gasteiger partial charge in [0.15, 0.2) is 0 Å².